The van der Waals surface area contributed by atoms with Crippen molar-refractivity contribution in [3.63, 3.8) is 0 Å². The number of aryl methyl sites for hydroxylation is 1. The number of aromatic nitrogens is 3. The summed E-state index contributed by atoms with van der Waals surface area (Å²) in [4.78, 5) is 19.1. The van der Waals surface area contributed by atoms with Crippen molar-refractivity contribution in [3.05, 3.63) is 54.0 Å². The van der Waals surface area contributed by atoms with Crippen molar-refractivity contribution in [1.82, 2.24) is 19.6 Å². The Morgan fingerprint density at radius 2 is 2.07 bits per heavy atom. The summed E-state index contributed by atoms with van der Waals surface area (Å²) in [5.74, 6) is 2.38. The molecule has 0 aliphatic carbocycles. The third kappa shape index (κ3) is 3.78. The van der Waals surface area contributed by atoms with Crippen LogP contribution in [-0.4, -0.2) is 45.7 Å². The minimum absolute atomic E-state index is 0.140. The number of amides is 1. The second kappa shape index (κ2) is 7.88. The molecule has 1 fully saturated rings. The van der Waals surface area contributed by atoms with Gasteiger partial charge in [0.15, 0.2) is 0 Å². The number of piperidine rings is 1. The Hall–Kier alpha value is -3.09. The highest BCUT2D eigenvalue weighted by Gasteiger charge is 2.28. The zero-order valence-corrected chi connectivity index (χ0v) is 16.2. The summed E-state index contributed by atoms with van der Waals surface area (Å²) in [5.41, 5.74) is 1.90. The lowest BCUT2D eigenvalue weighted by Gasteiger charge is -2.30. The average molecular weight is 380 g/mol. The minimum atomic E-state index is 0.140. The molecule has 0 saturated carbocycles. The van der Waals surface area contributed by atoms with Gasteiger partial charge in [-0.25, -0.2) is 0 Å². The van der Waals surface area contributed by atoms with E-state index in [0.29, 0.717) is 31.2 Å². The molecule has 7 heteroatoms. The van der Waals surface area contributed by atoms with Crippen molar-refractivity contribution < 1.29 is 14.1 Å². The summed E-state index contributed by atoms with van der Waals surface area (Å²) in [6.07, 6.45) is 4.01. The fraction of sp³-hybridized carbons (Fsp3) is 0.381. The van der Waals surface area contributed by atoms with Gasteiger partial charge in [-0.3, -0.25) is 4.79 Å². The molecular formula is C21H24N4O3. The summed E-state index contributed by atoms with van der Waals surface area (Å²) in [6, 6.07) is 11.6. The van der Waals surface area contributed by atoms with Crippen LogP contribution in [0, 0.1) is 0 Å². The molecule has 1 aliphatic rings. The van der Waals surface area contributed by atoms with E-state index in [9.17, 15) is 4.79 Å². The highest BCUT2D eigenvalue weighted by Crippen LogP contribution is 2.29. The van der Waals surface area contributed by atoms with Crippen LogP contribution in [0.2, 0.25) is 0 Å². The first-order chi connectivity index (χ1) is 13.6. The number of hydrogen-bond donors (Lipinski definition) is 0. The molecule has 2 aromatic heterocycles. The molecule has 146 valence electrons. The first-order valence-electron chi connectivity index (χ1n) is 9.50. The molecule has 1 aromatic carbocycles. The third-order valence-corrected chi connectivity index (χ3v) is 5.30. The summed E-state index contributed by atoms with van der Waals surface area (Å²) >= 11 is 0. The van der Waals surface area contributed by atoms with E-state index in [0.717, 1.165) is 29.8 Å². The van der Waals surface area contributed by atoms with E-state index in [-0.39, 0.29) is 11.8 Å². The first-order valence-corrected chi connectivity index (χ1v) is 9.50. The van der Waals surface area contributed by atoms with Gasteiger partial charge in [0.05, 0.1) is 19.2 Å². The number of nitrogens with zero attached hydrogens (tertiary/aromatic N) is 4. The first kappa shape index (κ1) is 18.3. The second-order valence-corrected chi connectivity index (χ2v) is 7.14. The monoisotopic (exact) mass is 380 g/mol. The van der Waals surface area contributed by atoms with Gasteiger partial charge in [0.25, 0.3) is 0 Å². The van der Waals surface area contributed by atoms with Gasteiger partial charge in [0, 0.05) is 32.3 Å². The molecule has 1 aliphatic heterocycles. The Kier molecular flexibility index (Phi) is 5.14. The van der Waals surface area contributed by atoms with Crippen molar-refractivity contribution in [1.29, 1.82) is 0 Å². The van der Waals surface area contributed by atoms with Gasteiger partial charge in [-0.2, -0.15) is 4.98 Å². The number of likely N-dealkylation sites (tertiary alicyclic amines) is 1. The van der Waals surface area contributed by atoms with Gasteiger partial charge in [0.2, 0.25) is 17.6 Å². The van der Waals surface area contributed by atoms with Gasteiger partial charge < -0.3 is 18.7 Å². The topological polar surface area (TPSA) is 73.4 Å². The quantitative estimate of drug-likeness (QED) is 0.680. The normalized spacial score (nSPS) is 15.0. The number of ether oxygens (including phenoxy) is 1. The molecule has 7 nitrogen and oxygen atoms in total. The van der Waals surface area contributed by atoms with Crippen molar-refractivity contribution in [2.75, 3.05) is 20.2 Å². The van der Waals surface area contributed by atoms with Gasteiger partial charge in [0.1, 0.15) is 5.75 Å². The molecule has 0 spiro atoms. The third-order valence-electron chi connectivity index (χ3n) is 5.30. The van der Waals surface area contributed by atoms with E-state index >= 15 is 0 Å². The van der Waals surface area contributed by atoms with E-state index < -0.39 is 0 Å². The van der Waals surface area contributed by atoms with Crippen LogP contribution >= 0.6 is 0 Å². The summed E-state index contributed by atoms with van der Waals surface area (Å²) in [7, 11) is 3.59. The van der Waals surface area contributed by atoms with Gasteiger partial charge >= 0.3 is 0 Å². The smallest absolute Gasteiger partial charge is 0.230 e. The summed E-state index contributed by atoms with van der Waals surface area (Å²) < 4.78 is 12.7. The lowest BCUT2D eigenvalue weighted by atomic mass is 9.96. The Balaban J connectivity index is 1.35. The van der Waals surface area contributed by atoms with E-state index in [1.54, 1.807) is 7.11 Å². The molecule has 0 atom stereocenters. The molecule has 0 N–H and O–H groups in total. The lowest BCUT2D eigenvalue weighted by molar-refractivity contribution is -0.131. The Morgan fingerprint density at radius 1 is 1.25 bits per heavy atom. The summed E-state index contributed by atoms with van der Waals surface area (Å²) in [6.45, 7) is 1.41. The Labute approximate surface area is 163 Å². The molecular weight excluding hydrogens is 356 g/mol. The Bertz CT molecular complexity index is 954. The van der Waals surface area contributed by atoms with Gasteiger partial charge in [-0.15, -0.1) is 0 Å². The SMILES string of the molecule is COc1cccc(CC(=O)N2CCC(c3nc(-c4cccn4C)no3)CC2)c1. The molecule has 28 heavy (non-hydrogen) atoms. The van der Waals surface area contributed by atoms with Crippen LogP contribution in [0.25, 0.3) is 11.5 Å². The molecule has 1 saturated heterocycles. The molecule has 3 aromatic rings. The zero-order chi connectivity index (χ0) is 19.5. The van der Waals surface area contributed by atoms with Gasteiger partial charge in [-0.1, -0.05) is 17.3 Å². The van der Waals surface area contributed by atoms with Crippen molar-refractivity contribution in [2.24, 2.45) is 7.05 Å². The maximum absolute atomic E-state index is 12.6. The predicted molar refractivity (Wildman–Crippen MR) is 104 cm³/mol. The fourth-order valence-corrected chi connectivity index (χ4v) is 3.64. The standard InChI is InChI=1S/C21H24N4O3/c1-24-10-4-7-18(24)20-22-21(28-23-20)16-8-11-25(12-9-16)19(26)14-15-5-3-6-17(13-15)27-2/h3-7,10,13,16H,8-9,11-12,14H2,1-2H3. The molecule has 1 amide bonds. The lowest BCUT2D eigenvalue weighted by Crippen LogP contribution is -2.38. The largest absolute Gasteiger partial charge is 0.497 e. The van der Waals surface area contributed by atoms with Crippen LogP contribution in [-0.2, 0) is 18.3 Å². The number of carbonyl (C=O) groups is 1. The van der Waals surface area contributed by atoms with Crippen molar-refractivity contribution >= 4 is 5.91 Å². The highest BCUT2D eigenvalue weighted by molar-refractivity contribution is 5.79. The highest BCUT2D eigenvalue weighted by atomic mass is 16.5. The van der Waals surface area contributed by atoms with Crippen LogP contribution in [0.1, 0.15) is 30.2 Å². The van der Waals surface area contributed by atoms with E-state index in [2.05, 4.69) is 10.1 Å². The van der Waals surface area contributed by atoms with Crippen LogP contribution in [0.15, 0.2) is 47.1 Å². The van der Waals surface area contributed by atoms with E-state index in [4.69, 9.17) is 9.26 Å². The summed E-state index contributed by atoms with van der Waals surface area (Å²) in [5, 5.41) is 4.12. The average Bonchev–Trinajstić information content (AvgIpc) is 3.37. The number of hydrogen-bond acceptors (Lipinski definition) is 5. The van der Waals surface area contributed by atoms with Crippen LogP contribution in [0.4, 0.5) is 0 Å². The zero-order valence-electron chi connectivity index (χ0n) is 16.2. The molecule has 3 heterocycles. The van der Waals surface area contributed by atoms with E-state index in [1.165, 1.54) is 0 Å². The number of methoxy groups -OCH3 is 1. The van der Waals surface area contributed by atoms with Crippen molar-refractivity contribution in [3.8, 4) is 17.3 Å². The molecule has 0 radical (unpaired) electrons. The number of carbonyl (C=O) groups excluding carboxylic acids is 1. The Morgan fingerprint density at radius 3 is 2.79 bits per heavy atom. The number of rotatable bonds is 5. The maximum Gasteiger partial charge on any atom is 0.230 e. The van der Waals surface area contributed by atoms with E-state index in [1.807, 2.05) is 59.1 Å². The molecule has 4 rings (SSSR count). The van der Waals surface area contributed by atoms with Crippen molar-refractivity contribution in [2.45, 2.75) is 25.2 Å². The second-order valence-electron chi connectivity index (χ2n) is 7.14. The van der Waals surface area contributed by atoms with Gasteiger partial charge in [-0.05, 0) is 42.7 Å². The minimum Gasteiger partial charge on any atom is -0.497 e. The van der Waals surface area contributed by atoms with Crippen LogP contribution < -0.4 is 4.74 Å². The maximum atomic E-state index is 12.6. The van der Waals surface area contributed by atoms with Crippen LogP contribution in [0.5, 0.6) is 5.75 Å². The predicted octanol–water partition coefficient (Wildman–Crippen LogP) is 3.03. The fourth-order valence-electron chi connectivity index (χ4n) is 3.64. The number of benzene rings is 1. The molecule has 0 unspecified atom stereocenters. The van der Waals surface area contributed by atoms with Crippen LogP contribution in [0.3, 0.4) is 0 Å². The molecule has 0 bridgehead atoms.